The average molecular weight is 413 g/mol. The summed E-state index contributed by atoms with van der Waals surface area (Å²) in [7, 11) is 1.65. The minimum atomic E-state index is -0.974. The largest absolute Gasteiger partial charge is 0.385 e. The standard InChI is InChI=1S/C23H32N4O3/c1-16-9-4-5-10-17(16)25-22(29)23(2)15-26-19-12-7-6-11-18(19)24-20(26)21(28)27(23)13-8-14-30-3/h6-7,11-12,16-17H,4-5,8-10,13-15H2,1-3H3,(H,25,29)/t16-,17-,23-/m1/s1. The maximum atomic E-state index is 13.6. The van der Waals surface area contributed by atoms with Crippen LogP contribution in [0.15, 0.2) is 24.3 Å². The fraction of sp³-hybridized carbons (Fsp3) is 0.609. The van der Waals surface area contributed by atoms with E-state index in [1.54, 1.807) is 12.0 Å². The molecule has 0 bridgehead atoms. The Labute approximate surface area is 177 Å². The summed E-state index contributed by atoms with van der Waals surface area (Å²) in [5, 5.41) is 3.29. The van der Waals surface area contributed by atoms with E-state index in [2.05, 4.69) is 17.2 Å². The van der Waals surface area contributed by atoms with Gasteiger partial charge in [0.2, 0.25) is 5.91 Å². The van der Waals surface area contributed by atoms with Crippen LogP contribution < -0.4 is 5.32 Å². The van der Waals surface area contributed by atoms with E-state index >= 15 is 0 Å². The molecule has 2 aliphatic rings. The number of hydrogen-bond donors (Lipinski definition) is 1. The fourth-order valence-corrected chi connectivity index (χ4v) is 4.90. The zero-order valence-corrected chi connectivity index (χ0v) is 18.2. The van der Waals surface area contributed by atoms with Gasteiger partial charge < -0.3 is 19.5 Å². The van der Waals surface area contributed by atoms with Crippen LogP contribution in [0, 0.1) is 5.92 Å². The highest BCUT2D eigenvalue weighted by Crippen LogP contribution is 2.32. The Morgan fingerprint density at radius 3 is 2.83 bits per heavy atom. The number of hydrogen-bond acceptors (Lipinski definition) is 4. The average Bonchev–Trinajstić information content (AvgIpc) is 3.11. The Morgan fingerprint density at radius 1 is 1.30 bits per heavy atom. The van der Waals surface area contributed by atoms with E-state index in [-0.39, 0.29) is 17.9 Å². The molecule has 7 heteroatoms. The van der Waals surface area contributed by atoms with Gasteiger partial charge in [0.25, 0.3) is 5.91 Å². The molecule has 2 heterocycles. The zero-order chi connectivity index (χ0) is 21.3. The van der Waals surface area contributed by atoms with Crippen molar-refractivity contribution in [2.24, 2.45) is 5.92 Å². The summed E-state index contributed by atoms with van der Waals surface area (Å²) >= 11 is 0. The number of para-hydroxylation sites is 2. The number of aromatic nitrogens is 2. The molecule has 30 heavy (non-hydrogen) atoms. The Balaban J connectivity index is 1.68. The van der Waals surface area contributed by atoms with Gasteiger partial charge in [0.1, 0.15) is 5.54 Å². The summed E-state index contributed by atoms with van der Waals surface area (Å²) < 4.78 is 7.10. The summed E-state index contributed by atoms with van der Waals surface area (Å²) in [6, 6.07) is 7.89. The predicted molar refractivity (Wildman–Crippen MR) is 115 cm³/mol. The van der Waals surface area contributed by atoms with Gasteiger partial charge in [-0.3, -0.25) is 9.59 Å². The molecule has 1 fully saturated rings. The minimum Gasteiger partial charge on any atom is -0.385 e. The smallest absolute Gasteiger partial charge is 0.290 e. The lowest BCUT2D eigenvalue weighted by atomic mass is 9.85. The van der Waals surface area contributed by atoms with E-state index in [4.69, 9.17) is 4.74 Å². The molecule has 1 aliphatic heterocycles. The third kappa shape index (κ3) is 3.60. The molecular weight excluding hydrogens is 380 g/mol. The quantitative estimate of drug-likeness (QED) is 0.740. The molecule has 1 aliphatic carbocycles. The summed E-state index contributed by atoms with van der Waals surface area (Å²) in [4.78, 5) is 33.4. The molecule has 2 amide bonds. The van der Waals surface area contributed by atoms with Crippen molar-refractivity contribution in [3.05, 3.63) is 30.1 Å². The van der Waals surface area contributed by atoms with Crippen molar-refractivity contribution in [3.8, 4) is 0 Å². The van der Waals surface area contributed by atoms with E-state index < -0.39 is 5.54 Å². The highest BCUT2D eigenvalue weighted by atomic mass is 16.5. The third-order valence-electron chi connectivity index (χ3n) is 6.80. The zero-order valence-electron chi connectivity index (χ0n) is 18.2. The van der Waals surface area contributed by atoms with Crippen LogP contribution in [0.5, 0.6) is 0 Å². The lowest BCUT2D eigenvalue weighted by molar-refractivity contribution is -0.134. The number of amides is 2. The molecular formula is C23H32N4O3. The van der Waals surface area contributed by atoms with Gasteiger partial charge in [-0.05, 0) is 44.2 Å². The number of carbonyl (C=O) groups excluding carboxylic acids is 2. The number of rotatable bonds is 6. The summed E-state index contributed by atoms with van der Waals surface area (Å²) in [6.07, 6.45) is 5.16. The van der Waals surface area contributed by atoms with Crippen LogP contribution in [0.3, 0.4) is 0 Å². The van der Waals surface area contributed by atoms with Gasteiger partial charge >= 0.3 is 0 Å². The molecule has 4 rings (SSSR count). The Morgan fingerprint density at radius 2 is 2.07 bits per heavy atom. The van der Waals surface area contributed by atoms with E-state index in [9.17, 15) is 9.59 Å². The van der Waals surface area contributed by atoms with Crippen molar-refractivity contribution in [3.63, 3.8) is 0 Å². The van der Waals surface area contributed by atoms with Crippen LogP contribution in [-0.4, -0.2) is 58.1 Å². The number of benzene rings is 1. The van der Waals surface area contributed by atoms with E-state index in [0.717, 1.165) is 30.3 Å². The third-order valence-corrected chi connectivity index (χ3v) is 6.80. The second-order valence-corrected chi connectivity index (χ2v) is 8.93. The number of fused-ring (bicyclic) bond motifs is 3. The molecule has 3 atom stereocenters. The van der Waals surface area contributed by atoms with Gasteiger partial charge in [-0.25, -0.2) is 4.98 Å². The first kappa shape index (κ1) is 20.8. The molecule has 1 N–H and O–H groups in total. The van der Waals surface area contributed by atoms with Gasteiger partial charge in [-0.1, -0.05) is 31.9 Å². The monoisotopic (exact) mass is 412 g/mol. The maximum absolute atomic E-state index is 13.6. The van der Waals surface area contributed by atoms with Crippen molar-refractivity contribution in [1.29, 1.82) is 0 Å². The van der Waals surface area contributed by atoms with Gasteiger partial charge in [0.15, 0.2) is 5.82 Å². The second-order valence-electron chi connectivity index (χ2n) is 8.93. The van der Waals surface area contributed by atoms with Crippen molar-refractivity contribution in [2.45, 2.75) is 64.1 Å². The second kappa shape index (κ2) is 8.38. The lowest BCUT2D eigenvalue weighted by Gasteiger charge is -2.44. The highest BCUT2D eigenvalue weighted by molar-refractivity contribution is 6.01. The molecule has 1 saturated carbocycles. The van der Waals surface area contributed by atoms with Crippen LogP contribution in [0.2, 0.25) is 0 Å². The van der Waals surface area contributed by atoms with E-state index in [0.29, 0.717) is 37.9 Å². The minimum absolute atomic E-state index is 0.0737. The van der Waals surface area contributed by atoms with Crippen molar-refractivity contribution in [1.82, 2.24) is 19.8 Å². The van der Waals surface area contributed by atoms with Gasteiger partial charge in [-0.15, -0.1) is 0 Å². The molecule has 1 aromatic carbocycles. The van der Waals surface area contributed by atoms with Crippen LogP contribution >= 0.6 is 0 Å². The SMILES string of the molecule is COCCCN1C(=O)c2nc3ccccc3n2C[C@]1(C)C(=O)N[C@@H]1CCCC[C@H]1C. The van der Waals surface area contributed by atoms with Crippen LogP contribution in [0.1, 0.15) is 56.6 Å². The van der Waals surface area contributed by atoms with Crippen LogP contribution in [0.25, 0.3) is 11.0 Å². The normalized spacial score (nSPS) is 26.6. The molecule has 0 spiro atoms. The number of carbonyl (C=O) groups is 2. The highest BCUT2D eigenvalue weighted by Gasteiger charge is 2.48. The fourth-order valence-electron chi connectivity index (χ4n) is 4.90. The Bertz CT molecular complexity index is 940. The van der Waals surface area contributed by atoms with Crippen molar-refractivity contribution in [2.75, 3.05) is 20.3 Å². The van der Waals surface area contributed by atoms with Crippen molar-refractivity contribution < 1.29 is 14.3 Å². The number of imidazole rings is 1. The lowest BCUT2D eigenvalue weighted by Crippen LogP contribution is -2.65. The summed E-state index contributed by atoms with van der Waals surface area (Å²) in [5.74, 6) is 0.598. The van der Waals surface area contributed by atoms with Gasteiger partial charge in [0, 0.05) is 26.3 Å². The predicted octanol–water partition coefficient (Wildman–Crippen LogP) is 2.98. The number of nitrogens with zero attached hydrogens (tertiary/aromatic N) is 3. The molecule has 0 saturated heterocycles. The van der Waals surface area contributed by atoms with Crippen LogP contribution in [-0.2, 0) is 16.1 Å². The molecule has 1 aromatic heterocycles. The molecule has 0 unspecified atom stereocenters. The molecule has 7 nitrogen and oxygen atoms in total. The maximum Gasteiger partial charge on any atom is 0.290 e. The van der Waals surface area contributed by atoms with Crippen molar-refractivity contribution >= 4 is 22.8 Å². The number of nitrogens with one attached hydrogen (secondary N) is 1. The molecule has 0 radical (unpaired) electrons. The first-order valence-electron chi connectivity index (χ1n) is 11.0. The Kier molecular flexibility index (Phi) is 5.82. The first-order valence-corrected chi connectivity index (χ1v) is 11.0. The van der Waals surface area contributed by atoms with Gasteiger partial charge in [-0.2, -0.15) is 0 Å². The first-order chi connectivity index (χ1) is 14.5. The molecule has 162 valence electrons. The Hall–Kier alpha value is -2.41. The summed E-state index contributed by atoms with van der Waals surface area (Å²) in [6.45, 7) is 5.49. The topological polar surface area (TPSA) is 76.5 Å². The van der Waals surface area contributed by atoms with E-state index in [1.165, 1.54) is 6.42 Å². The number of ether oxygens (including phenoxy) is 1. The molecule has 2 aromatic rings. The summed E-state index contributed by atoms with van der Waals surface area (Å²) in [5.41, 5.74) is 0.698. The number of methoxy groups -OCH3 is 1. The van der Waals surface area contributed by atoms with Gasteiger partial charge in [0.05, 0.1) is 17.6 Å². The van der Waals surface area contributed by atoms with E-state index in [1.807, 2.05) is 35.8 Å². The van der Waals surface area contributed by atoms with Crippen LogP contribution in [0.4, 0.5) is 0 Å².